The van der Waals surface area contributed by atoms with Gasteiger partial charge in [0.05, 0.1) is 19.1 Å². The Bertz CT molecular complexity index is 1150. The van der Waals surface area contributed by atoms with Gasteiger partial charge in [0.1, 0.15) is 5.70 Å². The molecule has 0 amide bonds. The third-order valence-electron chi connectivity index (χ3n) is 4.01. The average Bonchev–Trinajstić information content (AvgIpc) is 3.02. The summed E-state index contributed by atoms with van der Waals surface area (Å²) in [6.07, 6.45) is 2.93. The highest BCUT2D eigenvalue weighted by Crippen LogP contribution is 2.11. The lowest BCUT2D eigenvalue weighted by Gasteiger charge is -2.09. The van der Waals surface area contributed by atoms with Crippen LogP contribution in [0.5, 0.6) is 0 Å². The maximum atomic E-state index is 12.8. The molecule has 9 nitrogen and oxygen atoms in total. The van der Waals surface area contributed by atoms with Crippen LogP contribution >= 0.6 is 0 Å². The fourth-order valence-corrected chi connectivity index (χ4v) is 2.65. The van der Waals surface area contributed by atoms with Crippen LogP contribution in [0.4, 0.5) is 0 Å². The van der Waals surface area contributed by atoms with Gasteiger partial charge in [0.2, 0.25) is 0 Å². The number of imidazole rings is 1. The van der Waals surface area contributed by atoms with Gasteiger partial charge < -0.3 is 15.0 Å². The number of nitrogens with two attached hydrogens (primary N) is 1. The summed E-state index contributed by atoms with van der Waals surface area (Å²) in [5.41, 5.74) is 6.27. The van der Waals surface area contributed by atoms with Gasteiger partial charge in [0.25, 0.3) is 5.56 Å². The van der Waals surface area contributed by atoms with Gasteiger partial charge in [-0.2, -0.15) is 0 Å². The van der Waals surface area contributed by atoms with Gasteiger partial charge in [-0.05, 0) is 23.8 Å². The van der Waals surface area contributed by atoms with Crippen LogP contribution in [0.2, 0.25) is 0 Å². The van der Waals surface area contributed by atoms with Gasteiger partial charge in [0, 0.05) is 14.1 Å². The molecular weight excluding hydrogens is 338 g/mol. The van der Waals surface area contributed by atoms with E-state index in [0.29, 0.717) is 22.4 Å². The quantitative estimate of drug-likeness (QED) is 0.518. The number of aryl methyl sites for hydroxylation is 2. The Balaban J connectivity index is 2.14. The number of hydrogen-bond donors (Lipinski definition) is 1. The van der Waals surface area contributed by atoms with Crippen molar-refractivity contribution in [3.05, 3.63) is 62.7 Å². The van der Waals surface area contributed by atoms with E-state index in [2.05, 4.69) is 9.72 Å². The van der Waals surface area contributed by atoms with Crippen molar-refractivity contribution < 1.29 is 9.53 Å². The number of carbonyl (C=O) groups excluding carboxylic acids is 1. The van der Waals surface area contributed by atoms with Crippen LogP contribution in [0.1, 0.15) is 5.56 Å². The Morgan fingerprint density at radius 1 is 1.19 bits per heavy atom. The molecule has 0 aliphatic carbocycles. The first-order chi connectivity index (χ1) is 12.3. The number of ether oxygens (including phenoxy) is 1. The minimum Gasteiger partial charge on any atom is -0.464 e. The number of esters is 1. The largest absolute Gasteiger partial charge is 0.464 e. The minimum atomic E-state index is -0.638. The lowest BCUT2D eigenvalue weighted by atomic mass is 10.1. The van der Waals surface area contributed by atoms with Gasteiger partial charge in [-0.3, -0.25) is 9.36 Å². The third kappa shape index (κ3) is 2.69. The molecule has 2 N–H and O–H groups in total. The Hall–Kier alpha value is -3.62. The van der Waals surface area contributed by atoms with Gasteiger partial charge in [0.15, 0.2) is 11.2 Å². The minimum absolute atomic E-state index is 0.0513. The van der Waals surface area contributed by atoms with Crippen LogP contribution in [0, 0.1) is 0 Å². The molecule has 0 unspecified atom stereocenters. The maximum Gasteiger partial charge on any atom is 0.353 e. The molecule has 0 fully saturated rings. The van der Waals surface area contributed by atoms with Crippen molar-refractivity contribution in [2.45, 2.75) is 0 Å². The van der Waals surface area contributed by atoms with Crippen molar-refractivity contribution in [3.63, 3.8) is 0 Å². The first kappa shape index (κ1) is 17.2. The van der Waals surface area contributed by atoms with E-state index in [1.165, 1.54) is 24.1 Å². The zero-order valence-electron chi connectivity index (χ0n) is 14.5. The number of carbonyl (C=O) groups is 1. The van der Waals surface area contributed by atoms with Crippen LogP contribution in [0.3, 0.4) is 0 Å². The van der Waals surface area contributed by atoms with Crippen molar-refractivity contribution in [2.24, 2.45) is 19.8 Å². The summed E-state index contributed by atoms with van der Waals surface area (Å²) in [6, 6.07) is 6.48. The van der Waals surface area contributed by atoms with Crippen LogP contribution in [0.25, 0.3) is 22.9 Å². The number of rotatable bonds is 3. The smallest absolute Gasteiger partial charge is 0.353 e. The molecule has 134 valence electrons. The summed E-state index contributed by atoms with van der Waals surface area (Å²) in [5, 5.41) is 0. The first-order valence-corrected chi connectivity index (χ1v) is 7.64. The zero-order valence-corrected chi connectivity index (χ0v) is 14.5. The van der Waals surface area contributed by atoms with E-state index in [1.807, 2.05) is 0 Å². The highest BCUT2D eigenvalue weighted by Gasteiger charge is 2.16. The van der Waals surface area contributed by atoms with E-state index in [1.54, 1.807) is 42.9 Å². The molecule has 1 aromatic carbocycles. The maximum absolute atomic E-state index is 12.8. The number of hydrogen-bond acceptors (Lipinski definition) is 6. The predicted octanol–water partition coefficient (Wildman–Crippen LogP) is -0.104. The average molecular weight is 355 g/mol. The van der Waals surface area contributed by atoms with Gasteiger partial charge in [-0.1, -0.05) is 12.1 Å². The molecule has 0 saturated heterocycles. The van der Waals surface area contributed by atoms with Crippen molar-refractivity contribution in [3.8, 4) is 5.69 Å². The summed E-state index contributed by atoms with van der Waals surface area (Å²) in [4.78, 5) is 40.8. The van der Waals surface area contributed by atoms with E-state index >= 15 is 0 Å². The molecule has 0 aliphatic heterocycles. The van der Waals surface area contributed by atoms with Gasteiger partial charge in [-0.15, -0.1) is 0 Å². The van der Waals surface area contributed by atoms with Crippen LogP contribution < -0.4 is 17.0 Å². The summed E-state index contributed by atoms with van der Waals surface area (Å²) in [5.74, 6) is -0.638. The molecule has 0 spiro atoms. The Morgan fingerprint density at radius 3 is 2.46 bits per heavy atom. The van der Waals surface area contributed by atoms with Crippen molar-refractivity contribution >= 4 is 23.2 Å². The Morgan fingerprint density at radius 2 is 1.85 bits per heavy atom. The molecule has 2 heterocycles. The molecule has 0 radical (unpaired) electrons. The highest BCUT2D eigenvalue weighted by molar-refractivity contribution is 5.92. The van der Waals surface area contributed by atoms with Crippen LogP contribution in [0.15, 0.2) is 45.9 Å². The first-order valence-electron chi connectivity index (χ1n) is 7.64. The lowest BCUT2D eigenvalue weighted by molar-refractivity contribution is -0.136. The van der Waals surface area contributed by atoms with Gasteiger partial charge in [-0.25, -0.2) is 19.1 Å². The standard InChI is InChI=1S/C17H17N5O4/c1-20-9-19-14-13(20)15(23)22(17(25)21(14)2)11-6-4-10(5-7-11)8-12(18)16(24)26-3/h4-9H,18H2,1-3H3/b12-8+. The lowest BCUT2D eigenvalue weighted by Crippen LogP contribution is -2.38. The van der Waals surface area contributed by atoms with E-state index in [0.717, 1.165) is 4.57 Å². The number of aromatic nitrogens is 4. The monoisotopic (exact) mass is 355 g/mol. The van der Waals surface area contributed by atoms with E-state index in [4.69, 9.17) is 5.73 Å². The van der Waals surface area contributed by atoms with E-state index in [9.17, 15) is 14.4 Å². The van der Waals surface area contributed by atoms with Crippen molar-refractivity contribution in [1.82, 2.24) is 18.7 Å². The number of nitrogens with zero attached hydrogens (tertiary/aromatic N) is 4. The Labute approximate surface area is 147 Å². The number of benzene rings is 1. The van der Waals surface area contributed by atoms with E-state index in [-0.39, 0.29) is 5.70 Å². The summed E-state index contributed by atoms with van der Waals surface area (Å²) in [7, 11) is 4.49. The summed E-state index contributed by atoms with van der Waals surface area (Å²) < 4.78 is 8.50. The second-order valence-corrected chi connectivity index (χ2v) is 5.69. The molecular formula is C17H17N5O4. The van der Waals surface area contributed by atoms with E-state index < -0.39 is 17.2 Å². The number of methoxy groups -OCH3 is 1. The van der Waals surface area contributed by atoms with Crippen molar-refractivity contribution in [2.75, 3.05) is 7.11 Å². The molecule has 0 aliphatic rings. The molecule has 2 aromatic heterocycles. The second-order valence-electron chi connectivity index (χ2n) is 5.69. The third-order valence-corrected chi connectivity index (χ3v) is 4.01. The summed E-state index contributed by atoms with van der Waals surface area (Å²) >= 11 is 0. The molecule has 0 bridgehead atoms. The fourth-order valence-electron chi connectivity index (χ4n) is 2.65. The van der Waals surface area contributed by atoms with Crippen LogP contribution in [-0.4, -0.2) is 31.8 Å². The second kappa shape index (κ2) is 6.36. The summed E-state index contributed by atoms with van der Waals surface area (Å²) in [6.45, 7) is 0. The Kier molecular flexibility index (Phi) is 4.21. The fraction of sp³-hybridized carbons (Fsp3) is 0.176. The SMILES string of the molecule is COC(=O)/C(N)=C\c1ccc(-n2c(=O)c3c(ncn3C)n(C)c2=O)cc1. The molecule has 26 heavy (non-hydrogen) atoms. The topological polar surface area (TPSA) is 114 Å². The normalized spacial score (nSPS) is 11.7. The zero-order chi connectivity index (χ0) is 19.0. The highest BCUT2D eigenvalue weighted by atomic mass is 16.5. The van der Waals surface area contributed by atoms with Gasteiger partial charge >= 0.3 is 11.7 Å². The van der Waals surface area contributed by atoms with Crippen LogP contribution in [-0.2, 0) is 23.6 Å². The molecule has 0 atom stereocenters. The molecule has 9 heteroatoms. The predicted molar refractivity (Wildman–Crippen MR) is 95.7 cm³/mol. The molecule has 0 saturated carbocycles. The van der Waals surface area contributed by atoms with Crippen molar-refractivity contribution in [1.29, 1.82) is 0 Å². The molecule has 3 rings (SSSR count). The number of fused-ring (bicyclic) bond motifs is 1. The molecule has 3 aromatic rings.